The average Bonchev–Trinajstić information content (AvgIpc) is 1.87. The Kier molecular flexibility index (Phi) is 4.06. The van der Waals surface area contributed by atoms with Gasteiger partial charge in [-0.25, -0.2) is 0 Å². The summed E-state index contributed by atoms with van der Waals surface area (Å²) < 4.78 is 29.5. The van der Waals surface area contributed by atoms with Crippen LogP contribution in [-0.4, -0.2) is 31.2 Å². The van der Waals surface area contributed by atoms with Crippen molar-refractivity contribution < 1.29 is 17.8 Å². The molecule has 1 amide bonds. The maximum atomic E-state index is 10.5. The summed E-state index contributed by atoms with van der Waals surface area (Å²) in [5, 5.41) is 1.29. The monoisotopic (exact) mass is 181 g/mol. The quantitative estimate of drug-likeness (QED) is 0.438. The third-order valence-corrected chi connectivity index (χ3v) is 2.65. The van der Waals surface area contributed by atoms with E-state index < -0.39 is 15.4 Å². The topological polar surface area (TPSA) is 83.5 Å². The van der Waals surface area contributed by atoms with Crippen molar-refractivity contribution in [1.29, 1.82) is 0 Å². The highest BCUT2D eigenvalue weighted by Crippen LogP contribution is 2.01. The molecule has 11 heavy (non-hydrogen) atoms. The summed E-state index contributed by atoms with van der Waals surface area (Å²) in [7, 11) is -4.01. The Labute approximate surface area is 65.5 Å². The molecule has 0 aromatic heterocycles. The highest BCUT2D eigenvalue weighted by molar-refractivity contribution is 7.86. The van der Waals surface area contributed by atoms with Crippen LogP contribution in [0.5, 0.6) is 0 Å². The van der Waals surface area contributed by atoms with Crippen LogP contribution in [0.25, 0.3) is 0 Å². The Morgan fingerprint density at radius 1 is 1.64 bits per heavy atom. The molecule has 6 heteroatoms. The molecule has 0 aromatic rings. The van der Waals surface area contributed by atoms with Crippen LogP contribution in [0.2, 0.25) is 0 Å². The van der Waals surface area contributed by atoms with Gasteiger partial charge in [-0.2, -0.15) is 8.42 Å². The summed E-state index contributed by atoms with van der Waals surface area (Å²) in [4.78, 5) is 9.76. The van der Waals surface area contributed by atoms with Gasteiger partial charge in [0.25, 0.3) is 10.1 Å². The van der Waals surface area contributed by atoms with Gasteiger partial charge in [-0.15, -0.1) is 0 Å². The second-order valence-electron chi connectivity index (χ2n) is 2.07. The average molecular weight is 181 g/mol. The smallest absolute Gasteiger partial charge is 0.269 e. The summed E-state index contributed by atoms with van der Waals surface area (Å²) in [5.41, 5.74) is 0. The van der Waals surface area contributed by atoms with Gasteiger partial charge in [0.15, 0.2) is 0 Å². The van der Waals surface area contributed by atoms with Crippen molar-refractivity contribution in [3.8, 4) is 0 Å². The molecule has 0 fully saturated rings. The standard InChI is InChI=1S/C5H11NO4S/c1-2-5(3-6-4-7)11(8,9)10/h4-5H,2-3H2,1H3,(H,6,7)(H,8,9,10). The zero-order chi connectivity index (χ0) is 8.91. The number of hydrogen-bond acceptors (Lipinski definition) is 3. The first-order valence-electron chi connectivity index (χ1n) is 3.15. The van der Waals surface area contributed by atoms with Crippen molar-refractivity contribution in [2.45, 2.75) is 18.6 Å². The molecule has 0 aromatic carbocycles. The molecule has 0 aliphatic heterocycles. The molecule has 0 heterocycles. The molecule has 2 N–H and O–H groups in total. The predicted molar refractivity (Wildman–Crippen MR) is 39.7 cm³/mol. The van der Waals surface area contributed by atoms with Crippen LogP contribution in [-0.2, 0) is 14.9 Å². The van der Waals surface area contributed by atoms with Crippen molar-refractivity contribution in [2.75, 3.05) is 6.54 Å². The van der Waals surface area contributed by atoms with Crippen molar-refractivity contribution in [3.05, 3.63) is 0 Å². The van der Waals surface area contributed by atoms with E-state index in [1.54, 1.807) is 6.92 Å². The number of amides is 1. The van der Waals surface area contributed by atoms with E-state index in [4.69, 9.17) is 4.55 Å². The van der Waals surface area contributed by atoms with Gasteiger partial charge in [-0.3, -0.25) is 9.35 Å². The predicted octanol–water partition coefficient (Wildman–Crippen LogP) is -0.601. The minimum Gasteiger partial charge on any atom is -0.357 e. The van der Waals surface area contributed by atoms with Crippen molar-refractivity contribution in [3.63, 3.8) is 0 Å². The molecule has 0 saturated carbocycles. The van der Waals surface area contributed by atoms with Crippen molar-refractivity contribution >= 4 is 16.5 Å². The summed E-state index contributed by atoms with van der Waals surface area (Å²) in [6.07, 6.45) is 0.674. The van der Waals surface area contributed by atoms with Crippen LogP contribution in [0.15, 0.2) is 0 Å². The van der Waals surface area contributed by atoms with E-state index >= 15 is 0 Å². The van der Waals surface area contributed by atoms with Crippen LogP contribution in [0.4, 0.5) is 0 Å². The second-order valence-corrected chi connectivity index (χ2v) is 3.77. The fraction of sp³-hybridized carbons (Fsp3) is 0.800. The summed E-state index contributed by atoms with van der Waals surface area (Å²) in [5.74, 6) is 0. The second kappa shape index (κ2) is 4.30. The molecular formula is C5H11NO4S. The Hall–Kier alpha value is -0.620. The van der Waals surface area contributed by atoms with Gasteiger partial charge in [0.2, 0.25) is 6.41 Å². The van der Waals surface area contributed by atoms with Gasteiger partial charge < -0.3 is 5.32 Å². The number of rotatable bonds is 5. The molecule has 0 radical (unpaired) electrons. The van der Waals surface area contributed by atoms with E-state index in [0.29, 0.717) is 6.41 Å². The molecule has 0 aliphatic carbocycles. The Morgan fingerprint density at radius 2 is 2.18 bits per heavy atom. The highest BCUT2D eigenvalue weighted by Gasteiger charge is 2.19. The van der Waals surface area contributed by atoms with E-state index in [-0.39, 0.29) is 13.0 Å². The molecule has 0 spiro atoms. The van der Waals surface area contributed by atoms with Gasteiger partial charge in [0, 0.05) is 6.54 Å². The summed E-state index contributed by atoms with van der Waals surface area (Å²) in [6, 6.07) is 0. The molecule has 0 rings (SSSR count). The van der Waals surface area contributed by atoms with E-state index in [1.165, 1.54) is 0 Å². The zero-order valence-electron chi connectivity index (χ0n) is 6.15. The number of carbonyl (C=O) groups excluding carboxylic acids is 1. The van der Waals surface area contributed by atoms with Gasteiger partial charge >= 0.3 is 0 Å². The van der Waals surface area contributed by atoms with Crippen LogP contribution < -0.4 is 5.32 Å². The minimum absolute atomic E-state index is 0.0428. The van der Waals surface area contributed by atoms with Gasteiger partial charge in [-0.05, 0) is 6.42 Å². The van der Waals surface area contributed by atoms with Crippen molar-refractivity contribution in [2.24, 2.45) is 0 Å². The minimum atomic E-state index is -4.01. The summed E-state index contributed by atoms with van der Waals surface area (Å²) >= 11 is 0. The molecule has 1 unspecified atom stereocenters. The van der Waals surface area contributed by atoms with Crippen LogP contribution in [0.3, 0.4) is 0 Å². The maximum Gasteiger partial charge on any atom is 0.269 e. The van der Waals surface area contributed by atoms with Crippen LogP contribution in [0.1, 0.15) is 13.3 Å². The van der Waals surface area contributed by atoms with Gasteiger partial charge in [0.05, 0.1) is 0 Å². The Morgan fingerprint density at radius 3 is 2.45 bits per heavy atom. The highest BCUT2D eigenvalue weighted by atomic mass is 32.2. The Balaban J connectivity index is 4.07. The lowest BCUT2D eigenvalue weighted by molar-refractivity contribution is -0.109. The fourth-order valence-electron chi connectivity index (χ4n) is 0.640. The third-order valence-electron chi connectivity index (χ3n) is 1.31. The van der Waals surface area contributed by atoms with E-state index in [2.05, 4.69) is 5.32 Å². The lowest BCUT2D eigenvalue weighted by atomic mass is 10.3. The lowest BCUT2D eigenvalue weighted by Gasteiger charge is -2.09. The number of hydrogen-bond donors (Lipinski definition) is 2. The SMILES string of the molecule is CCC(CNC=O)S(=O)(=O)O. The first kappa shape index (κ1) is 10.4. The third kappa shape index (κ3) is 3.94. The van der Waals surface area contributed by atoms with E-state index in [0.717, 1.165) is 0 Å². The van der Waals surface area contributed by atoms with Gasteiger partial charge in [-0.1, -0.05) is 6.92 Å². The molecule has 1 atom stereocenters. The largest absolute Gasteiger partial charge is 0.357 e. The van der Waals surface area contributed by atoms with Crippen LogP contribution in [0, 0.1) is 0 Å². The summed E-state index contributed by atoms with van der Waals surface area (Å²) in [6.45, 7) is 1.57. The molecular weight excluding hydrogens is 170 g/mol. The number of nitrogens with one attached hydrogen (secondary N) is 1. The lowest BCUT2D eigenvalue weighted by Crippen LogP contribution is -2.31. The van der Waals surface area contributed by atoms with Gasteiger partial charge in [0.1, 0.15) is 5.25 Å². The molecule has 0 bridgehead atoms. The number of carbonyl (C=O) groups is 1. The normalized spacial score (nSPS) is 14.0. The molecule has 0 saturated heterocycles. The van der Waals surface area contributed by atoms with E-state index in [1.807, 2.05) is 0 Å². The first-order chi connectivity index (χ1) is 5.02. The first-order valence-corrected chi connectivity index (χ1v) is 4.66. The maximum absolute atomic E-state index is 10.5. The van der Waals surface area contributed by atoms with Crippen LogP contribution >= 0.6 is 0 Å². The molecule has 5 nitrogen and oxygen atoms in total. The molecule has 66 valence electrons. The zero-order valence-corrected chi connectivity index (χ0v) is 6.97. The fourth-order valence-corrected chi connectivity index (χ4v) is 1.37. The van der Waals surface area contributed by atoms with E-state index in [9.17, 15) is 13.2 Å². The Bertz CT molecular complexity index is 211. The van der Waals surface area contributed by atoms with Crippen molar-refractivity contribution in [1.82, 2.24) is 5.32 Å². The molecule has 0 aliphatic rings.